The molecular weight excluding hydrogens is 422 g/mol. The number of likely N-dealkylation sites (tertiary alicyclic amines) is 1. The van der Waals surface area contributed by atoms with Crippen molar-refractivity contribution in [2.45, 2.75) is 43.9 Å². The predicted molar refractivity (Wildman–Crippen MR) is 124 cm³/mol. The summed E-state index contributed by atoms with van der Waals surface area (Å²) in [5.74, 6) is -0.689. The minimum Gasteiger partial charge on any atom is -0.478 e. The van der Waals surface area contributed by atoms with Crippen LogP contribution in [0.15, 0.2) is 24.3 Å². The largest absolute Gasteiger partial charge is 0.478 e. The Morgan fingerprint density at radius 2 is 1.76 bits per heavy atom. The Morgan fingerprint density at radius 1 is 1.06 bits per heavy atom. The average molecular weight is 458 g/mol. The third-order valence-electron chi connectivity index (χ3n) is 7.48. The normalized spacial score (nSPS) is 27.2. The number of carbonyl (C=O) groups excluding carboxylic acids is 2. The van der Waals surface area contributed by atoms with Crippen molar-refractivity contribution in [1.29, 1.82) is 0 Å². The van der Waals surface area contributed by atoms with Crippen LogP contribution in [0.2, 0.25) is 0 Å². The molecule has 4 rings (SSSR count). The molecule has 0 spiro atoms. The highest BCUT2D eigenvalue weighted by atomic mass is 16.4. The van der Waals surface area contributed by atoms with E-state index in [-0.39, 0.29) is 35.5 Å². The number of carboxylic acids is 1. The number of nitrogens with one attached hydrogen (secondary N) is 1. The van der Waals surface area contributed by atoms with Gasteiger partial charge in [0.15, 0.2) is 0 Å². The Hall–Kier alpha value is -2.49. The summed E-state index contributed by atoms with van der Waals surface area (Å²) in [6.07, 6.45) is 2.14. The molecule has 33 heavy (non-hydrogen) atoms. The van der Waals surface area contributed by atoms with E-state index in [1.807, 2.05) is 17.0 Å². The number of carbonyl (C=O) groups is 3. The molecule has 3 saturated heterocycles. The molecule has 2 amide bonds. The van der Waals surface area contributed by atoms with Crippen LogP contribution in [-0.4, -0.2) is 114 Å². The highest BCUT2D eigenvalue weighted by molar-refractivity contribution is 5.87. The van der Waals surface area contributed by atoms with Crippen LogP contribution in [-0.2, 0) is 16.1 Å². The first kappa shape index (κ1) is 23.7. The third-order valence-corrected chi connectivity index (χ3v) is 7.48. The maximum Gasteiger partial charge on any atom is 0.335 e. The highest BCUT2D eigenvalue weighted by Gasteiger charge is 2.45. The van der Waals surface area contributed by atoms with Crippen LogP contribution in [0.3, 0.4) is 0 Å². The fourth-order valence-corrected chi connectivity index (χ4v) is 5.32. The zero-order chi connectivity index (χ0) is 23.5. The van der Waals surface area contributed by atoms with E-state index in [1.165, 1.54) is 0 Å². The Kier molecular flexibility index (Phi) is 7.31. The molecule has 3 heterocycles. The van der Waals surface area contributed by atoms with Gasteiger partial charge in [0.25, 0.3) is 0 Å². The molecule has 3 atom stereocenters. The molecule has 9 nitrogen and oxygen atoms in total. The second-order valence-corrected chi connectivity index (χ2v) is 9.56. The third kappa shape index (κ3) is 5.37. The first-order valence-electron chi connectivity index (χ1n) is 11.9. The summed E-state index contributed by atoms with van der Waals surface area (Å²) in [4.78, 5) is 45.5. The minimum absolute atomic E-state index is 0.0411. The number of fused-ring (bicyclic) bond motifs is 1. The first-order valence-corrected chi connectivity index (χ1v) is 11.9. The van der Waals surface area contributed by atoms with Crippen molar-refractivity contribution in [2.75, 3.05) is 53.4 Å². The van der Waals surface area contributed by atoms with Gasteiger partial charge >= 0.3 is 5.97 Å². The van der Waals surface area contributed by atoms with Crippen molar-refractivity contribution in [3.8, 4) is 0 Å². The fraction of sp³-hybridized carbons (Fsp3) is 0.625. The van der Waals surface area contributed by atoms with Gasteiger partial charge in [0.2, 0.25) is 11.8 Å². The van der Waals surface area contributed by atoms with E-state index in [9.17, 15) is 14.4 Å². The Morgan fingerprint density at radius 3 is 2.42 bits per heavy atom. The van der Waals surface area contributed by atoms with Crippen LogP contribution in [0.25, 0.3) is 0 Å². The SMILES string of the molecule is CN1CCN(C(=O)CCC2CNC(=O)C3C(CCN3Cc3ccc(C(=O)O)cc3)N2C)CC1. The van der Waals surface area contributed by atoms with Gasteiger partial charge in [-0.3, -0.25) is 19.4 Å². The van der Waals surface area contributed by atoms with Crippen LogP contribution in [0.4, 0.5) is 0 Å². The second-order valence-electron chi connectivity index (χ2n) is 9.56. The van der Waals surface area contributed by atoms with E-state index >= 15 is 0 Å². The Bertz CT molecular complexity index is 868. The van der Waals surface area contributed by atoms with Crippen LogP contribution in [0.1, 0.15) is 35.2 Å². The lowest BCUT2D eigenvalue weighted by Crippen LogP contribution is -2.50. The summed E-state index contributed by atoms with van der Waals surface area (Å²) in [5, 5.41) is 12.2. The fourth-order valence-electron chi connectivity index (χ4n) is 5.32. The van der Waals surface area contributed by atoms with Gasteiger partial charge in [0.05, 0.1) is 5.56 Å². The van der Waals surface area contributed by atoms with Gasteiger partial charge in [0, 0.05) is 64.3 Å². The van der Waals surface area contributed by atoms with E-state index < -0.39 is 5.97 Å². The van der Waals surface area contributed by atoms with Crippen LogP contribution in [0.5, 0.6) is 0 Å². The zero-order valence-corrected chi connectivity index (χ0v) is 19.6. The number of nitrogens with zero attached hydrogens (tertiary/aromatic N) is 4. The molecule has 180 valence electrons. The summed E-state index contributed by atoms with van der Waals surface area (Å²) < 4.78 is 0. The lowest BCUT2D eigenvalue weighted by atomic mass is 10.0. The van der Waals surface area contributed by atoms with Crippen molar-refractivity contribution in [1.82, 2.24) is 24.9 Å². The van der Waals surface area contributed by atoms with Crippen molar-refractivity contribution in [2.24, 2.45) is 0 Å². The van der Waals surface area contributed by atoms with Crippen molar-refractivity contribution >= 4 is 17.8 Å². The zero-order valence-electron chi connectivity index (χ0n) is 19.6. The number of aromatic carboxylic acids is 1. The lowest BCUT2D eigenvalue weighted by Gasteiger charge is -2.35. The van der Waals surface area contributed by atoms with E-state index in [0.717, 1.165) is 51.1 Å². The van der Waals surface area contributed by atoms with E-state index in [2.05, 4.69) is 34.1 Å². The number of hydrogen-bond donors (Lipinski definition) is 2. The number of hydrogen-bond acceptors (Lipinski definition) is 6. The van der Waals surface area contributed by atoms with Crippen molar-refractivity contribution in [3.63, 3.8) is 0 Å². The standard InChI is InChI=1S/C24H35N5O4/c1-26-11-13-28(14-12-26)21(30)8-7-19-15-25-23(31)22-20(27(19)2)9-10-29(22)16-17-3-5-18(6-4-17)24(32)33/h3-6,19-20,22H,7-16H2,1-2H3,(H,25,31)(H,32,33). The van der Waals surface area contributed by atoms with Gasteiger partial charge in [-0.25, -0.2) is 4.79 Å². The summed E-state index contributed by atoms with van der Waals surface area (Å²) in [5.41, 5.74) is 1.26. The molecule has 1 aromatic carbocycles. The van der Waals surface area contributed by atoms with Gasteiger partial charge in [-0.2, -0.15) is 0 Å². The first-order chi connectivity index (χ1) is 15.8. The molecule has 3 fully saturated rings. The molecule has 3 aliphatic rings. The quantitative estimate of drug-likeness (QED) is 0.635. The van der Waals surface area contributed by atoms with Gasteiger partial charge < -0.3 is 20.2 Å². The van der Waals surface area contributed by atoms with E-state index in [4.69, 9.17) is 5.11 Å². The molecule has 0 bridgehead atoms. The molecule has 3 unspecified atom stereocenters. The number of amides is 2. The topological polar surface area (TPSA) is 96.4 Å². The van der Waals surface area contributed by atoms with E-state index in [0.29, 0.717) is 19.5 Å². The number of rotatable bonds is 6. The molecular formula is C24H35N5O4. The van der Waals surface area contributed by atoms with Gasteiger partial charge in [-0.1, -0.05) is 12.1 Å². The summed E-state index contributed by atoms with van der Waals surface area (Å²) in [7, 11) is 4.16. The smallest absolute Gasteiger partial charge is 0.335 e. The maximum atomic E-state index is 13.0. The minimum atomic E-state index is -0.940. The van der Waals surface area contributed by atoms with Crippen LogP contribution >= 0.6 is 0 Å². The molecule has 0 aliphatic carbocycles. The van der Waals surface area contributed by atoms with Crippen LogP contribution in [0, 0.1) is 0 Å². The number of likely N-dealkylation sites (N-methyl/N-ethyl adjacent to an activating group) is 2. The average Bonchev–Trinajstić information content (AvgIpc) is 3.17. The van der Waals surface area contributed by atoms with Gasteiger partial charge in [-0.05, 0) is 44.6 Å². The van der Waals surface area contributed by atoms with E-state index in [1.54, 1.807) is 12.1 Å². The number of benzene rings is 1. The van der Waals surface area contributed by atoms with Crippen molar-refractivity contribution < 1.29 is 19.5 Å². The summed E-state index contributed by atoms with van der Waals surface area (Å²) >= 11 is 0. The summed E-state index contributed by atoms with van der Waals surface area (Å²) in [6.45, 7) is 5.39. The predicted octanol–water partition coefficient (Wildman–Crippen LogP) is 0.312. The Balaban J connectivity index is 1.36. The highest BCUT2D eigenvalue weighted by Crippen LogP contribution is 2.28. The molecule has 0 radical (unpaired) electrons. The van der Waals surface area contributed by atoms with Crippen molar-refractivity contribution in [3.05, 3.63) is 35.4 Å². The Labute approximate surface area is 195 Å². The second kappa shape index (κ2) is 10.2. The van der Waals surface area contributed by atoms with Gasteiger partial charge in [-0.15, -0.1) is 0 Å². The monoisotopic (exact) mass is 457 g/mol. The molecule has 0 saturated carbocycles. The molecule has 0 aromatic heterocycles. The molecule has 9 heteroatoms. The maximum absolute atomic E-state index is 13.0. The van der Waals surface area contributed by atoms with Crippen LogP contribution < -0.4 is 5.32 Å². The molecule has 3 aliphatic heterocycles. The molecule has 2 N–H and O–H groups in total. The number of carboxylic acid groups (broad SMARTS) is 1. The summed E-state index contributed by atoms with van der Waals surface area (Å²) in [6, 6.07) is 6.86. The lowest BCUT2D eigenvalue weighted by molar-refractivity contribution is -0.133. The number of piperazine rings is 1. The molecule has 1 aromatic rings. The van der Waals surface area contributed by atoms with Gasteiger partial charge in [0.1, 0.15) is 6.04 Å².